The van der Waals surface area contributed by atoms with E-state index < -0.39 is 28.7 Å². The fourth-order valence-corrected chi connectivity index (χ4v) is 3.29. The molecule has 1 aromatic rings. The highest BCUT2D eigenvalue weighted by molar-refractivity contribution is 7.84. The van der Waals surface area contributed by atoms with Gasteiger partial charge in [0, 0.05) is 28.6 Å². The number of hydrogen-bond acceptors (Lipinski definition) is 6. The van der Waals surface area contributed by atoms with Gasteiger partial charge in [-0.3, -0.25) is 9.00 Å². The molecule has 0 spiro atoms. The lowest BCUT2D eigenvalue weighted by Gasteiger charge is -2.19. The number of ether oxygens (including phenoxy) is 2. The van der Waals surface area contributed by atoms with Crippen molar-refractivity contribution < 1.29 is 28.4 Å². The molecule has 1 amide bonds. The van der Waals surface area contributed by atoms with Crippen molar-refractivity contribution in [2.24, 2.45) is 5.92 Å². The van der Waals surface area contributed by atoms with Crippen LogP contribution in [0.1, 0.15) is 12.0 Å². The maximum Gasteiger partial charge on any atom is 0.326 e. The number of rotatable bonds is 9. The molecule has 1 aliphatic heterocycles. The predicted octanol–water partition coefficient (Wildman–Crippen LogP) is 0.842. The first kappa shape index (κ1) is 19.6. The Morgan fingerprint density at radius 3 is 2.72 bits per heavy atom. The molecule has 0 aliphatic carbocycles. The molecule has 0 saturated heterocycles. The Balaban J connectivity index is 1.99. The van der Waals surface area contributed by atoms with Crippen LogP contribution in [0.15, 0.2) is 18.2 Å². The summed E-state index contributed by atoms with van der Waals surface area (Å²) in [6, 6.07) is 4.37. The van der Waals surface area contributed by atoms with Crippen LogP contribution < -0.4 is 14.8 Å². The van der Waals surface area contributed by atoms with Gasteiger partial charge in [0.1, 0.15) is 6.04 Å². The van der Waals surface area contributed by atoms with E-state index in [4.69, 9.17) is 9.47 Å². The number of carboxylic acids is 1. The molecule has 2 rings (SSSR count). The molecule has 2 N–H and O–H groups in total. The Hall–Kier alpha value is -1.74. The van der Waals surface area contributed by atoms with Crippen LogP contribution in [0.2, 0.25) is 0 Å². The average Bonchev–Trinajstić information content (AvgIpc) is 3.03. The number of carbonyl (C=O) groups excluding carboxylic acids is 1. The molecule has 1 aliphatic rings. The van der Waals surface area contributed by atoms with Gasteiger partial charge in [0.25, 0.3) is 0 Å². The van der Waals surface area contributed by atoms with E-state index in [0.717, 1.165) is 5.56 Å². The third-order valence-corrected chi connectivity index (χ3v) is 5.07. The second-order valence-corrected chi connectivity index (χ2v) is 7.66. The average molecular weight is 387 g/mol. The maximum absolute atomic E-state index is 12.4. The minimum absolute atomic E-state index is 0.119. The van der Waals surface area contributed by atoms with Crippen LogP contribution in [-0.2, 0) is 26.8 Å². The van der Waals surface area contributed by atoms with Gasteiger partial charge in [0.15, 0.2) is 11.5 Å². The number of amides is 1. The summed E-state index contributed by atoms with van der Waals surface area (Å²) < 4.78 is 21.7. The van der Waals surface area contributed by atoms with E-state index in [1.54, 1.807) is 12.1 Å². The fourth-order valence-electron chi connectivity index (χ4n) is 2.42. The summed E-state index contributed by atoms with van der Waals surface area (Å²) in [5.74, 6) is -0.240. The molecular formula is C16H21NO6S2. The molecule has 0 saturated carbocycles. The van der Waals surface area contributed by atoms with Crippen molar-refractivity contribution in [3.63, 3.8) is 0 Å². The summed E-state index contributed by atoms with van der Waals surface area (Å²) >= 11 is 4.21. The molecular weight excluding hydrogens is 366 g/mol. The van der Waals surface area contributed by atoms with Gasteiger partial charge < -0.3 is 19.9 Å². The van der Waals surface area contributed by atoms with Crippen molar-refractivity contribution in [1.82, 2.24) is 5.32 Å². The Morgan fingerprint density at radius 1 is 1.36 bits per heavy atom. The zero-order valence-electron chi connectivity index (χ0n) is 13.8. The summed E-state index contributed by atoms with van der Waals surface area (Å²) in [6.07, 6.45) is 2.02. The van der Waals surface area contributed by atoms with Crippen molar-refractivity contribution in [1.29, 1.82) is 0 Å². The number of carbonyl (C=O) groups is 2. The highest BCUT2D eigenvalue weighted by atomic mass is 32.2. The molecule has 0 radical (unpaired) electrons. The third kappa shape index (κ3) is 5.64. The minimum Gasteiger partial charge on any atom is -0.480 e. The van der Waals surface area contributed by atoms with E-state index in [0.29, 0.717) is 17.9 Å². The van der Waals surface area contributed by atoms with E-state index in [1.165, 1.54) is 6.26 Å². The zero-order chi connectivity index (χ0) is 18.4. The molecule has 7 nitrogen and oxygen atoms in total. The molecule has 0 fully saturated rings. The molecule has 1 heterocycles. The van der Waals surface area contributed by atoms with Gasteiger partial charge in [-0.2, -0.15) is 12.6 Å². The van der Waals surface area contributed by atoms with E-state index in [9.17, 15) is 18.9 Å². The number of carboxylic acid groups (broad SMARTS) is 1. The summed E-state index contributed by atoms with van der Waals surface area (Å²) in [5, 5.41) is 11.7. The second kappa shape index (κ2) is 9.10. The highest BCUT2D eigenvalue weighted by Crippen LogP contribution is 2.33. The molecule has 138 valence electrons. The molecule has 0 bridgehead atoms. The van der Waals surface area contributed by atoms with Crippen molar-refractivity contribution in [3.05, 3.63) is 23.8 Å². The summed E-state index contributed by atoms with van der Waals surface area (Å²) in [4.78, 5) is 23.7. The molecule has 3 atom stereocenters. The monoisotopic (exact) mass is 387 g/mol. The molecule has 25 heavy (non-hydrogen) atoms. The predicted molar refractivity (Wildman–Crippen MR) is 96.7 cm³/mol. The topological polar surface area (TPSA) is 102 Å². The SMILES string of the molecule is CS(=O)CC[C@H](NC(=O)C(CS)Cc1ccc2c(c1)OCO2)C(=O)O. The van der Waals surface area contributed by atoms with Crippen LogP contribution in [-0.4, -0.2) is 51.8 Å². The van der Waals surface area contributed by atoms with Crippen LogP contribution in [0.5, 0.6) is 11.5 Å². The maximum atomic E-state index is 12.4. The normalized spacial score (nSPS) is 16.1. The quantitative estimate of drug-likeness (QED) is 0.543. The smallest absolute Gasteiger partial charge is 0.326 e. The molecule has 9 heteroatoms. The lowest BCUT2D eigenvalue weighted by Crippen LogP contribution is -2.45. The lowest BCUT2D eigenvalue weighted by atomic mass is 9.99. The first-order valence-corrected chi connectivity index (χ1v) is 10.1. The van der Waals surface area contributed by atoms with Crippen molar-refractivity contribution in [2.45, 2.75) is 18.9 Å². The van der Waals surface area contributed by atoms with Crippen LogP contribution in [0, 0.1) is 5.92 Å². The van der Waals surface area contributed by atoms with Crippen LogP contribution in [0.3, 0.4) is 0 Å². The lowest BCUT2D eigenvalue weighted by molar-refractivity contribution is -0.142. The summed E-state index contributed by atoms with van der Waals surface area (Å²) in [7, 11) is -1.12. The fraction of sp³-hybridized carbons (Fsp3) is 0.500. The molecule has 1 aromatic carbocycles. The van der Waals surface area contributed by atoms with Crippen LogP contribution in [0.4, 0.5) is 0 Å². The van der Waals surface area contributed by atoms with Gasteiger partial charge in [0.2, 0.25) is 12.7 Å². The van der Waals surface area contributed by atoms with Gasteiger partial charge in [-0.15, -0.1) is 0 Å². The Kier molecular flexibility index (Phi) is 7.12. The van der Waals surface area contributed by atoms with E-state index in [2.05, 4.69) is 17.9 Å². The second-order valence-electron chi connectivity index (χ2n) is 5.74. The number of hydrogen-bond donors (Lipinski definition) is 3. The Bertz CT molecular complexity index is 666. The number of fused-ring (bicyclic) bond motifs is 1. The number of thiol groups is 1. The summed E-state index contributed by atoms with van der Waals surface area (Å²) in [5.41, 5.74) is 0.875. The molecule has 2 unspecified atom stereocenters. The number of benzene rings is 1. The standard InChI is InChI=1S/C16H21NO6S2/c1-25(21)5-4-12(16(19)20)17-15(18)11(8-24)6-10-2-3-13-14(7-10)23-9-22-13/h2-3,7,11-12,24H,4-6,8-9H2,1H3,(H,17,18)(H,19,20)/t11?,12-,25?/m0/s1. The third-order valence-electron chi connectivity index (χ3n) is 3.82. The molecule has 0 aromatic heterocycles. The first-order chi connectivity index (χ1) is 11.9. The first-order valence-electron chi connectivity index (χ1n) is 7.73. The Labute approximate surface area is 153 Å². The van der Waals surface area contributed by atoms with Gasteiger partial charge in [-0.25, -0.2) is 4.79 Å². The van der Waals surface area contributed by atoms with Gasteiger partial charge in [0.05, 0.1) is 5.92 Å². The van der Waals surface area contributed by atoms with Gasteiger partial charge in [-0.05, 0) is 30.5 Å². The van der Waals surface area contributed by atoms with Crippen molar-refractivity contribution in [3.8, 4) is 11.5 Å². The number of aliphatic carboxylic acids is 1. The van der Waals surface area contributed by atoms with E-state index >= 15 is 0 Å². The van der Waals surface area contributed by atoms with E-state index in [-0.39, 0.29) is 30.6 Å². The van der Waals surface area contributed by atoms with Crippen LogP contribution in [0.25, 0.3) is 0 Å². The minimum atomic E-state index is -1.14. The van der Waals surface area contributed by atoms with Crippen LogP contribution >= 0.6 is 12.6 Å². The van der Waals surface area contributed by atoms with E-state index in [1.807, 2.05) is 6.07 Å². The van der Waals surface area contributed by atoms with Gasteiger partial charge >= 0.3 is 5.97 Å². The summed E-state index contributed by atoms with van der Waals surface area (Å²) in [6.45, 7) is 0.175. The van der Waals surface area contributed by atoms with Crippen molar-refractivity contribution >= 4 is 35.3 Å². The van der Waals surface area contributed by atoms with Gasteiger partial charge in [-0.1, -0.05) is 6.07 Å². The Morgan fingerprint density at radius 2 is 2.08 bits per heavy atom. The van der Waals surface area contributed by atoms with Crippen molar-refractivity contribution in [2.75, 3.05) is 24.6 Å². The zero-order valence-corrected chi connectivity index (χ0v) is 15.5. The largest absolute Gasteiger partial charge is 0.480 e. The highest BCUT2D eigenvalue weighted by Gasteiger charge is 2.25. The number of nitrogens with one attached hydrogen (secondary N) is 1.